The number of hydrogen-bond acceptors (Lipinski definition) is 2. The van der Waals surface area contributed by atoms with Crippen LogP contribution in [0, 0.1) is 0 Å². The highest BCUT2D eigenvalue weighted by Crippen LogP contribution is 2.54. The molecule has 1 aliphatic rings. The van der Waals surface area contributed by atoms with Crippen molar-refractivity contribution in [3.05, 3.63) is 163 Å². The maximum atomic E-state index is 2.48. The Morgan fingerprint density at radius 3 is 2.11 bits per heavy atom. The van der Waals surface area contributed by atoms with Crippen LogP contribution in [0.1, 0.15) is 25.0 Å². The number of nitrogens with zero attached hydrogens (tertiary/aromatic N) is 1. The van der Waals surface area contributed by atoms with Crippen LogP contribution < -0.4 is 4.90 Å². The lowest BCUT2D eigenvalue weighted by atomic mass is 9.82. The lowest BCUT2D eigenvalue weighted by Crippen LogP contribution is -2.15. The van der Waals surface area contributed by atoms with Gasteiger partial charge in [-0.15, -0.1) is 11.3 Å². The van der Waals surface area contributed by atoms with Crippen LogP contribution in [0.2, 0.25) is 0 Å². The molecule has 0 N–H and O–H groups in total. The van der Waals surface area contributed by atoms with Crippen molar-refractivity contribution in [1.29, 1.82) is 0 Å². The zero-order chi connectivity index (χ0) is 30.1. The number of fused-ring (bicyclic) bond motifs is 7. The molecule has 0 atom stereocenters. The zero-order valence-corrected chi connectivity index (χ0v) is 26.1. The largest absolute Gasteiger partial charge is 0.310 e. The number of rotatable bonds is 4. The van der Waals surface area contributed by atoms with Gasteiger partial charge in [0.1, 0.15) is 0 Å². The lowest BCUT2D eigenvalue weighted by molar-refractivity contribution is 0.660. The van der Waals surface area contributed by atoms with Crippen LogP contribution in [0.15, 0.2) is 152 Å². The second kappa shape index (κ2) is 9.92. The second-order valence-corrected chi connectivity index (χ2v) is 13.6. The van der Waals surface area contributed by atoms with E-state index >= 15 is 0 Å². The van der Waals surface area contributed by atoms with Gasteiger partial charge in [0.2, 0.25) is 0 Å². The Labute approximate surface area is 267 Å². The molecule has 1 nitrogen and oxygen atoms in total. The molecule has 0 amide bonds. The van der Waals surface area contributed by atoms with Gasteiger partial charge in [0.05, 0.1) is 5.69 Å². The Morgan fingerprint density at radius 2 is 1.22 bits per heavy atom. The number of thiophene rings is 1. The van der Waals surface area contributed by atoms with E-state index in [1.165, 1.54) is 75.7 Å². The van der Waals surface area contributed by atoms with Gasteiger partial charge < -0.3 is 4.90 Å². The molecule has 1 heterocycles. The first-order valence-corrected chi connectivity index (χ1v) is 16.4. The van der Waals surface area contributed by atoms with Crippen LogP contribution in [-0.2, 0) is 5.41 Å². The highest BCUT2D eigenvalue weighted by atomic mass is 32.1. The number of hydrogen-bond donors (Lipinski definition) is 0. The molecule has 0 unspecified atom stereocenters. The molecule has 0 radical (unpaired) electrons. The highest BCUT2D eigenvalue weighted by molar-refractivity contribution is 7.26. The van der Waals surface area contributed by atoms with Gasteiger partial charge in [0.15, 0.2) is 0 Å². The summed E-state index contributed by atoms with van der Waals surface area (Å²) >= 11 is 1.87. The zero-order valence-electron chi connectivity index (χ0n) is 25.3. The highest BCUT2D eigenvalue weighted by Gasteiger charge is 2.37. The Kier molecular flexibility index (Phi) is 5.78. The predicted octanol–water partition coefficient (Wildman–Crippen LogP) is 12.7. The molecule has 0 aliphatic heterocycles. The summed E-state index contributed by atoms with van der Waals surface area (Å²) in [7, 11) is 0. The molecule has 2 heteroatoms. The van der Waals surface area contributed by atoms with Crippen LogP contribution in [0.4, 0.5) is 17.1 Å². The van der Waals surface area contributed by atoms with Crippen LogP contribution in [0.3, 0.4) is 0 Å². The monoisotopic (exact) mass is 593 g/mol. The Bertz CT molecular complexity index is 2410. The third kappa shape index (κ3) is 3.99. The van der Waals surface area contributed by atoms with Crippen molar-refractivity contribution in [3.63, 3.8) is 0 Å². The van der Waals surface area contributed by atoms with E-state index in [1.807, 2.05) is 11.3 Å². The smallest absolute Gasteiger partial charge is 0.0554 e. The van der Waals surface area contributed by atoms with Crippen LogP contribution in [-0.4, -0.2) is 0 Å². The predicted molar refractivity (Wildman–Crippen MR) is 195 cm³/mol. The summed E-state index contributed by atoms with van der Waals surface area (Å²) in [5, 5.41) is 5.09. The van der Waals surface area contributed by atoms with Crippen LogP contribution in [0.25, 0.3) is 53.2 Å². The molecule has 9 rings (SSSR count). The maximum absolute atomic E-state index is 2.48. The Morgan fingerprint density at radius 1 is 0.511 bits per heavy atom. The summed E-state index contributed by atoms with van der Waals surface area (Å²) in [6, 6.07) is 55.9. The standard InChI is InChI=1S/C43H31NS/c1-43(2)36-25-24-32(27-35(36)41-33(17-10-18-37(41)43)29-13-4-3-5-14-29)44(31-23-22-28-12-6-7-15-30(28)26-31)38-19-11-21-40-42(38)34-16-8-9-20-39(34)45-40/h3-27H,1-2H3. The normalized spacial score (nSPS) is 13.3. The maximum Gasteiger partial charge on any atom is 0.0554 e. The fourth-order valence-corrected chi connectivity index (χ4v) is 8.60. The molecule has 7 aromatic carbocycles. The summed E-state index contributed by atoms with van der Waals surface area (Å²) in [5.74, 6) is 0. The van der Waals surface area contributed by atoms with Crippen molar-refractivity contribution >= 4 is 59.3 Å². The minimum absolute atomic E-state index is 0.0919. The fourth-order valence-electron chi connectivity index (χ4n) is 7.48. The molecular weight excluding hydrogens is 563 g/mol. The second-order valence-electron chi connectivity index (χ2n) is 12.6. The summed E-state index contributed by atoms with van der Waals surface area (Å²) in [6.45, 7) is 4.73. The van der Waals surface area contributed by atoms with Gasteiger partial charge in [-0.3, -0.25) is 0 Å². The molecule has 0 fully saturated rings. The van der Waals surface area contributed by atoms with Gasteiger partial charge in [-0.1, -0.05) is 123 Å². The van der Waals surface area contributed by atoms with Crippen molar-refractivity contribution in [2.75, 3.05) is 4.90 Å². The van der Waals surface area contributed by atoms with Gasteiger partial charge in [0, 0.05) is 37.0 Å². The van der Waals surface area contributed by atoms with Crippen LogP contribution in [0.5, 0.6) is 0 Å². The Hall–Kier alpha value is -5.18. The summed E-state index contributed by atoms with van der Waals surface area (Å²) < 4.78 is 2.62. The minimum Gasteiger partial charge on any atom is -0.310 e. The summed E-state index contributed by atoms with van der Waals surface area (Å²) in [5.41, 5.74) is 11.4. The molecular formula is C43H31NS. The Balaban J connectivity index is 1.33. The van der Waals surface area contributed by atoms with Crippen molar-refractivity contribution < 1.29 is 0 Å². The van der Waals surface area contributed by atoms with Crippen molar-refractivity contribution in [2.45, 2.75) is 19.3 Å². The van der Waals surface area contributed by atoms with Gasteiger partial charge >= 0.3 is 0 Å². The van der Waals surface area contributed by atoms with E-state index in [4.69, 9.17) is 0 Å². The first kappa shape index (κ1) is 26.2. The summed E-state index contributed by atoms with van der Waals surface area (Å²) in [6.07, 6.45) is 0. The third-order valence-electron chi connectivity index (χ3n) is 9.64. The molecule has 0 bridgehead atoms. The first-order chi connectivity index (χ1) is 22.1. The van der Waals surface area contributed by atoms with E-state index in [2.05, 4.69) is 170 Å². The molecule has 0 saturated heterocycles. The minimum atomic E-state index is -0.0919. The SMILES string of the molecule is CC1(C)c2ccc(N(c3ccc4ccccc4c3)c3cccc4sc5ccccc5c34)cc2-c2c(-c3ccccc3)cccc21. The van der Waals surface area contributed by atoms with E-state index in [0.29, 0.717) is 0 Å². The van der Waals surface area contributed by atoms with Gasteiger partial charge in [-0.05, 0) is 86.6 Å². The van der Waals surface area contributed by atoms with Crippen LogP contribution >= 0.6 is 11.3 Å². The summed E-state index contributed by atoms with van der Waals surface area (Å²) in [4.78, 5) is 2.48. The topological polar surface area (TPSA) is 3.24 Å². The molecule has 1 aromatic heterocycles. The average molecular weight is 594 g/mol. The van der Waals surface area contributed by atoms with Crippen molar-refractivity contribution in [3.8, 4) is 22.3 Å². The molecule has 0 saturated carbocycles. The van der Waals surface area contributed by atoms with Gasteiger partial charge in [0.25, 0.3) is 0 Å². The van der Waals surface area contributed by atoms with Gasteiger partial charge in [-0.2, -0.15) is 0 Å². The van der Waals surface area contributed by atoms with Gasteiger partial charge in [-0.25, -0.2) is 0 Å². The van der Waals surface area contributed by atoms with Crippen molar-refractivity contribution in [1.82, 2.24) is 0 Å². The van der Waals surface area contributed by atoms with E-state index < -0.39 is 0 Å². The number of anilines is 3. The first-order valence-electron chi connectivity index (χ1n) is 15.6. The van der Waals surface area contributed by atoms with E-state index in [9.17, 15) is 0 Å². The van der Waals surface area contributed by atoms with E-state index in [-0.39, 0.29) is 5.41 Å². The molecule has 214 valence electrons. The van der Waals surface area contributed by atoms with E-state index in [0.717, 1.165) is 5.69 Å². The number of benzene rings is 7. The third-order valence-corrected chi connectivity index (χ3v) is 10.8. The molecule has 45 heavy (non-hydrogen) atoms. The molecule has 1 aliphatic carbocycles. The fraction of sp³-hybridized carbons (Fsp3) is 0.0698. The molecule has 0 spiro atoms. The quantitative estimate of drug-likeness (QED) is 0.196. The average Bonchev–Trinajstić information content (AvgIpc) is 3.58. The lowest BCUT2D eigenvalue weighted by Gasteiger charge is -2.28. The van der Waals surface area contributed by atoms with Crippen molar-refractivity contribution in [2.24, 2.45) is 0 Å². The molecule has 8 aromatic rings. The van der Waals surface area contributed by atoms with E-state index in [1.54, 1.807) is 0 Å².